The first-order chi connectivity index (χ1) is 19.1. The first kappa shape index (κ1) is 28.1. The Hall–Kier alpha value is -3.40. The summed E-state index contributed by atoms with van der Waals surface area (Å²) >= 11 is 0. The van der Waals surface area contributed by atoms with E-state index in [0.29, 0.717) is 0 Å². The number of rotatable bonds is 0. The van der Waals surface area contributed by atoms with Gasteiger partial charge in [0, 0.05) is 47.5 Å². The molecule has 8 rings (SSSR count). The Labute approximate surface area is 241 Å². The fourth-order valence-corrected chi connectivity index (χ4v) is 6.80. The van der Waals surface area contributed by atoms with Gasteiger partial charge in [0.1, 0.15) is 13.3 Å². The fourth-order valence-electron chi connectivity index (χ4n) is 6.80. The molecule has 0 spiro atoms. The van der Waals surface area contributed by atoms with Gasteiger partial charge in [0.05, 0.1) is 23.5 Å². The van der Waals surface area contributed by atoms with Crippen LogP contribution in [0.1, 0.15) is 97.8 Å². The van der Waals surface area contributed by atoms with Gasteiger partial charge in [-0.1, -0.05) is 26.3 Å². The smallest absolute Gasteiger partial charge is 0.207 e. The normalized spacial score (nSPS) is 23.7. The van der Waals surface area contributed by atoms with Gasteiger partial charge in [0.2, 0.25) is 5.70 Å². The lowest BCUT2D eigenvalue weighted by Gasteiger charge is -1.94. The molecule has 4 heteroatoms. The minimum atomic E-state index is 1.11. The molecule has 0 saturated carbocycles. The van der Waals surface area contributed by atoms with Crippen molar-refractivity contribution in [3.63, 3.8) is 0 Å². The summed E-state index contributed by atoms with van der Waals surface area (Å²) in [5.74, 6) is 0. The first-order valence-corrected chi connectivity index (χ1v) is 14.9. The molecule has 0 unspecified atom stereocenters. The zero-order chi connectivity index (χ0) is 28.6. The van der Waals surface area contributed by atoms with Crippen LogP contribution < -0.4 is 0 Å². The molecule has 0 amide bonds. The molecule has 0 aromatic heterocycles. The Morgan fingerprint density at radius 2 is 0.875 bits per heavy atom. The molecular formula is C36H45N4+. The van der Waals surface area contributed by atoms with Crippen LogP contribution in [-0.2, 0) is 0 Å². The van der Waals surface area contributed by atoms with E-state index in [1.807, 2.05) is 0 Å². The van der Waals surface area contributed by atoms with E-state index < -0.39 is 0 Å². The van der Waals surface area contributed by atoms with Crippen molar-refractivity contribution in [1.29, 1.82) is 0 Å². The van der Waals surface area contributed by atoms with Crippen LogP contribution in [0.3, 0.4) is 0 Å². The Kier molecular flexibility index (Phi) is 8.16. The third-order valence-corrected chi connectivity index (χ3v) is 8.87. The van der Waals surface area contributed by atoms with E-state index in [1.54, 1.807) is 5.57 Å². The summed E-state index contributed by atoms with van der Waals surface area (Å²) < 4.78 is 2.21. The van der Waals surface area contributed by atoms with Gasteiger partial charge in [-0.05, 0) is 106 Å². The highest BCUT2D eigenvalue weighted by molar-refractivity contribution is 5.90. The van der Waals surface area contributed by atoms with Gasteiger partial charge < -0.3 is 0 Å². The molecule has 0 bridgehead atoms. The second-order valence-electron chi connectivity index (χ2n) is 12.3. The van der Waals surface area contributed by atoms with Gasteiger partial charge in [0.15, 0.2) is 0 Å². The average molecular weight is 534 g/mol. The van der Waals surface area contributed by atoms with E-state index in [2.05, 4.69) is 79.9 Å². The van der Waals surface area contributed by atoms with Crippen LogP contribution in [0, 0.1) is 0 Å². The van der Waals surface area contributed by atoms with Crippen molar-refractivity contribution in [2.45, 2.75) is 97.8 Å². The number of aliphatic imine (C=N–C) groups is 3. The van der Waals surface area contributed by atoms with Crippen molar-refractivity contribution in [3.05, 3.63) is 93.7 Å². The summed E-state index contributed by atoms with van der Waals surface area (Å²) in [6.45, 7) is 22.2. The predicted octanol–water partition coefficient (Wildman–Crippen LogP) is 9.07. The maximum atomic E-state index is 4.43. The molecule has 0 aromatic rings. The molecule has 8 aliphatic rings. The van der Waals surface area contributed by atoms with Gasteiger partial charge in [0.25, 0.3) is 0 Å². The van der Waals surface area contributed by atoms with Crippen molar-refractivity contribution in [1.82, 2.24) is 0 Å². The highest BCUT2D eigenvalue weighted by Gasteiger charge is 2.29. The van der Waals surface area contributed by atoms with E-state index in [1.165, 1.54) is 111 Å². The average Bonchev–Trinajstić information content (AvgIpc) is 3.75. The fraction of sp³-hybridized carbons (Fsp3) is 0.444. The molecule has 208 valence electrons. The monoisotopic (exact) mass is 533 g/mol. The molecule has 4 aliphatic heterocycles. The summed E-state index contributed by atoms with van der Waals surface area (Å²) in [4.78, 5) is 13.3. The summed E-state index contributed by atoms with van der Waals surface area (Å²) in [6, 6.07) is 0. The Balaban J connectivity index is 0.000000108. The first-order valence-electron chi connectivity index (χ1n) is 14.9. The second-order valence-corrected chi connectivity index (χ2v) is 12.3. The third kappa shape index (κ3) is 5.87. The van der Waals surface area contributed by atoms with Gasteiger partial charge in [-0.15, -0.1) is 0 Å². The quantitative estimate of drug-likeness (QED) is 0.279. The van der Waals surface area contributed by atoms with Crippen LogP contribution in [0.15, 0.2) is 109 Å². The van der Waals surface area contributed by atoms with Crippen LogP contribution in [-0.4, -0.2) is 35.0 Å². The molecule has 0 aromatic carbocycles. The maximum Gasteiger partial charge on any atom is 0.207 e. The number of allylic oxidation sites excluding steroid dienone is 8. The van der Waals surface area contributed by atoms with Gasteiger partial charge in [-0.3, -0.25) is 15.0 Å². The van der Waals surface area contributed by atoms with Crippen molar-refractivity contribution in [3.8, 4) is 0 Å². The number of hydrogen-bond donors (Lipinski definition) is 0. The van der Waals surface area contributed by atoms with Gasteiger partial charge in [-0.2, -0.15) is 0 Å². The van der Waals surface area contributed by atoms with Crippen molar-refractivity contribution in [2.75, 3.05) is 7.05 Å². The zero-order valence-electron chi connectivity index (χ0n) is 25.2. The lowest BCUT2D eigenvalue weighted by atomic mass is 10.1. The molecule has 40 heavy (non-hydrogen) atoms. The molecule has 0 atom stereocenters. The Bertz CT molecular complexity index is 1340. The lowest BCUT2D eigenvalue weighted by Crippen LogP contribution is -2.01. The second kappa shape index (κ2) is 11.6. The standard InChI is InChI=1S/C9H12N.3C9H11N/c1-7-3-4-8-5-6-10(2)9(7)8;3*1-6-3-4-8-5-7(2)10-9(6)8/h6H,1,3-5H2,2H3;3*1,3-5H2,2H3/q+1;;;. The molecule has 4 aliphatic carbocycles. The lowest BCUT2D eigenvalue weighted by molar-refractivity contribution is -0.431. The largest absolute Gasteiger partial charge is 0.258 e. The molecule has 0 saturated heterocycles. The van der Waals surface area contributed by atoms with E-state index in [-0.39, 0.29) is 0 Å². The van der Waals surface area contributed by atoms with Gasteiger partial charge in [-0.25, -0.2) is 4.58 Å². The third-order valence-electron chi connectivity index (χ3n) is 8.87. The van der Waals surface area contributed by atoms with Crippen LogP contribution in [0.2, 0.25) is 0 Å². The van der Waals surface area contributed by atoms with E-state index in [4.69, 9.17) is 0 Å². The van der Waals surface area contributed by atoms with Crippen LogP contribution in [0.25, 0.3) is 0 Å². The van der Waals surface area contributed by atoms with Crippen LogP contribution in [0.5, 0.6) is 0 Å². The summed E-state index contributed by atoms with van der Waals surface area (Å²) in [7, 11) is 2.11. The van der Waals surface area contributed by atoms with E-state index >= 15 is 0 Å². The Morgan fingerprint density at radius 1 is 0.525 bits per heavy atom. The van der Waals surface area contributed by atoms with E-state index in [0.717, 1.165) is 44.9 Å². The molecule has 0 N–H and O–H groups in total. The molecular weight excluding hydrogens is 488 g/mol. The topological polar surface area (TPSA) is 40.1 Å². The van der Waals surface area contributed by atoms with Gasteiger partial charge >= 0.3 is 0 Å². The summed E-state index contributed by atoms with van der Waals surface area (Å²) in [5.41, 5.74) is 20.0. The van der Waals surface area contributed by atoms with Crippen molar-refractivity contribution in [2.24, 2.45) is 15.0 Å². The highest BCUT2D eigenvalue weighted by atomic mass is 15.0. The summed E-state index contributed by atoms with van der Waals surface area (Å²) in [6.07, 6.45) is 16.2. The number of hydrogen-bond acceptors (Lipinski definition) is 3. The number of likely N-dealkylation sites (N-methyl/N-ethyl adjacent to an activating group) is 1. The minimum absolute atomic E-state index is 1.11. The van der Waals surface area contributed by atoms with Crippen LogP contribution >= 0.6 is 0 Å². The molecule has 4 heterocycles. The van der Waals surface area contributed by atoms with Crippen molar-refractivity contribution >= 4 is 23.3 Å². The Morgan fingerprint density at radius 3 is 1.23 bits per heavy atom. The highest BCUT2D eigenvalue weighted by Crippen LogP contribution is 2.39. The van der Waals surface area contributed by atoms with E-state index in [9.17, 15) is 0 Å². The predicted molar refractivity (Wildman–Crippen MR) is 172 cm³/mol. The summed E-state index contributed by atoms with van der Waals surface area (Å²) in [5, 5.41) is 0. The SMILES string of the molecule is C=C1CCC2=C1N=C(C)C2.C=C1CCC2=C1N=C(C)C2.C=C1CCC2=C1N=C(C)C2.C=C1CCC2=C1[N+](C)=CC2. The molecule has 0 fully saturated rings. The zero-order valence-corrected chi connectivity index (χ0v) is 25.2. The minimum Gasteiger partial charge on any atom is -0.258 e. The number of nitrogens with zero attached hydrogens (tertiary/aromatic N) is 4. The maximum absolute atomic E-state index is 4.43. The molecule has 4 nitrogen and oxygen atoms in total. The van der Waals surface area contributed by atoms with Crippen LogP contribution in [0.4, 0.5) is 0 Å². The molecule has 0 radical (unpaired) electrons. The van der Waals surface area contributed by atoms with Crippen molar-refractivity contribution < 1.29 is 4.58 Å².